The molecule has 0 spiro atoms. The second-order valence-corrected chi connectivity index (χ2v) is 4.71. The monoisotopic (exact) mass is 387 g/mol. The Morgan fingerprint density at radius 3 is 1.58 bits per heavy atom. The quantitative estimate of drug-likeness (QED) is 0.361. The van der Waals surface area contributed by atoms with Gasteiger partial charge in [-0.15, -0.1) is 25.2 Å². The van der Waals surface area contributed by atoms with Crippen molar-refractivity contribution in [1.29, 1.82) is 0 Å². The maximum absolute atomic E-state index is 11.8. The van der Waals surface area contributed by atoms with Crippen molar-refractivity contribution in [2.24, 2.45) is 0 Å². The molecule has 24 heavy (non-hydrogen) atoms. The summed E-state index contributed by atoms with van der Waals surface area (Å²) in [7, 11) is 0. The average Bonchev–Trinajstić information content (AvgIpc) is 3.14. The van der Waals surface area contributed by atoms with E-state index in [0.29, 0.717) is 0 Å². The number of benzene rings is 1. The van der Waals surface area contributed by atoms with E-state index >= 15 is 0 Å². The second kappa shape index (κ2) is 13.3. The van der Waals surface area contributed by atoms with E-state index in [1.54, 1.807) is 0 Å². The molecule has 3 rings (SSSR count). The van der Waals surface area contributed by atoms with Gasteiger partial charge in [-0.2, -0.15) is 55.7 Å². The summed E-state index contributed by atoms with van der Waals surface area (Å²) in [5.74, 6) is 0. The zero-order valence-electron chi connectivity index (χ0n) is 13.6. The number of hydrogen-bond donors (Lipinski definition) is 0. The van der Waals surface area contributed by atoms with Crippen LogP contribution in [0.1, 0.15) is 32.3 Å². The van der Waals surface area contributed by atoms with Crippen LogP contribution in [0, 0.1) is 18.2 Å². The van der Waals surface area contributed by atoms with Crippen LogP contribution in [0.25, 0.3) is 0 Å². The predicted octanol–water partition coefficient (Wildman–Crippen LogP) is 6.32. The standard InChI is InChI=1S/C7H4F3.2C6H7.ClH.Ti/c8-7(9,10)6-4-2-1-3-5-6;2*1-6-4-2-3-5-6;;/h1-4H;2*2,4H,3H2,1H3;1H;/q3*-1;;+3. The number of halogens is 4. The Kier molecular flexibility index (Phi) is 14.0. The van der Waals surface area contributed by atoms with Gasteiger partial charge in [0.2, 0.25) is 0 Å². The van der Waals surface area contributed by atoms with Gasteiger partial charge >= 0.3 is 27.9 Å². The Hall–Kier alpha value is -1.03. The van der Waals surface area contributed by atoms with E-state index in [1.807, 2.05) is 0 Å². The normalized spacial score (nSPS) is 14.0. The zero-order valence-corrected chi connectivity index (χ0v) is 16.0. The molecule has 0 fully saturated rings. The third-order valence-corrected chi connectivity index (χ3v) is 2.75. The van der Waals surface area contributed by atoms with Gasteiger partial charge < -0.3 is 0 Å². The first-order valence-electron chi connectivity index (χ1n) is 6.91. The largest absolute Gasteiger partial charge is 3.00 e. The molecule has 0 saturated heterocycles. The number of rotatable bonds is 0. The van der Waals surface area contributed by atoms with Gasteiger partial charge in [0.1, 0.15) is 0 Å². The van der Waals surface area contributed by atoms with Crippen molar-refractivity contribution in [2.45, 2.75) is 32.9 Å². The van der Waals surface area contributed by atoms with Crippen LogP contribution in [-0.2, 0) is 27.9 Å². The van der Waals surface area contributed by atoms with Crippen molar-refractivity contribution < 1.29 is 34.9 Å². The summed E-state index contributed by atoms with van der Waals surface area (Å²) < 4.78 is 35.3. The van der Waals surface area contributed by atoms with E-state index in [-0.39, 0.29) is 34.1 Å². The molecule has 2 aliphatic carbocycles. The first-order chi connectivity index (χ1) is 10.4. The van der Waals surface area contributed by atoms with Crippen LogP contribution < -0.4 is 0 Å². The molecule has 0 amide bonds. The molecule has 0 aliphatic heterocycles. The van der Waals surface area contributed by atoms with Crippen molar-refractivity contribution in [3.05, 3.63) is 83.5 Å². The Balaban J connectivity index is 0. The average molecular weight is 388 g/mol. The molecular weight excluding hydrogens is 369 g/mol. The summed E-state index contributed by atoms with van der Waals surface area (Å²) in [6, 6.07) is 7.14. The molecule has 0 aromatic heterocycles. The smallest absolute Gasteiger partial charge is 0.270 e. The van der Waals surface area contributed by atoms with Gasteiger partial charge in [0.15, 0.2) is 0 Å². The third kappa shape index (κ3) is 11.5. The predicted molar refractivity (Wildman–Crippen MR) is 89.9 cm³/mol. The molecule has 0 heterocycles. The topological polar surface area (TPSA) is 0 Å². The van der Waals surface area contributed by atoms with Gasteiger partial charge in [-0.05, 0) is 0 Å². The Labute approximate surface area is 163 Å². The van der Waals surface area contributed by atoms with Gasteiger partial charge in [-0.1, -0.05) is 19.4 Å². The summed E-state index contributed by atoms with van der Waals surface area (Å²) in [4.78, 5) is 0. The van der Waals surface area contributed by atoms with Gasteiger partial charge in [-0.25, -0.2) is 23.3 Å². The maximum Gasteiger partial charge on any atom is 3.00 e. The first-order valence-corrected chi connectivity index (χ1v) is 6.91. The van der Waals surface area contributed by atoms with Crippen molar-refractivity contribution >= 4 is 12.4 Å². The fourth-order valence-electron chi connectivity index (χ4n) is 1.60. The van der Waals surface area contributed by atoms with Gasteiger partial charge in [-0.3, -0.25) is 12.2 Å². The first kappa shape index (κ1) is 25.2. The minimum absolute atomic E-state index is 0. The van der Waals surface area contributed by atoms with Crippen LogP contribution in [0.2, 0.25) is 0 Å². The molecule has 0 unspecified atom stereocenters. The van der Waals surface area contributed by atoms with Gasteiger partial charge in [0, 0.05) is 0 Å². The summed E-state index contributed by atoms with van der Waals surface area (Å²) in [5, 5.41) is 0. The maximum atomic E-state index is 11.8. The molecule has 2 aliphatic rings. The second-order valence-electron chi connectivity index (χ2n) is 4.71. The van der Waals surface area contributed by atoms with E-state index < -0.39 is 11.7 Å². The van der Waals surface area contributed by atoms with Crippen LogP contribution >= 0.6 is 12.4 Å². The van der Waals surface area contributed by atoms with Crippen molar-refractivity contribution in [3.63, 3.8) is 0 Å². The van der Waals surface area contributed by atoms with Gasteiger partial charge in [0.05, 0.1) is 0 Å². The molecular formula is C19H19ClF3Ti. The van der Waals surface area contributed by atoms with E-state index in [4.69, 9.17) is 0 Å². The summed E-state index contributed by atoms with van der Waals surface area (Å²) >= 11 is 0. The van der Waals surface area contributed by atoms with Gasteiger partial charge in [0.25, 0.3) is 0 Å². The van der Waals surface area contributed by atoms with Crippen molar-refractivity contribution in [3.8, 4) is 0 Å². The van der Waals surface area contributed by atoms with E-state index in [9.17, 15) is 13.2 Å². The van der Waals surface area contributed by atoms with Crippen molar-refractivity contribution in [1.82, 2.24) is 0 Å². The molecule has 5 heteroatoms. The molecule has 0 bridgehead atoms. The van der Waals surface area contributed by atoms with Crippen LogP contribution in [0.15, 0.2) is 59.7 Å². The molecule has 1 radical (unpaired) electrons. The van der Waals surface area contributed by atoms with Crippen molar-refractivity contribution in [2.75, 3.05) is 0 Å². The number of hydrogen-bond acceptors (Lipinski definition) is 0. The summed E-state index contributed by atoms with van der Waals surface area (Å²) in [5.41, 5.74) is 1.82. The molecule has 0 atom stereocenters. The minimum atomic E-state index is -4.26. The fourth-order valence-corrected chi connectivity index (χ4v) is 1.60. The number of alkyl halides is 3. The summed E-state index contributed by atoms with van der Waals surface area (Å²) in [6.45, 7) is 4.12. The van der Waals surface area contributed by atoms with Crippen LogP contribution in [0.5, 0.6) is 0 Å². The minimum Gasteiger partial charge on any atom is -0.270 e. The van der Waals surface area contributed by atoms with Crippen LogP contribution in [0.3, 0.4) is 0 Å². The van der Waals surface area contributed by atoms with Crippen LogP contribution in [-0.4, -0.2) is 0 Å². The Morgan fingerprint density at radius 2 is 1.42 bits per heavy atom. The molecule has 0 N–H and O–H groups in total. The number of allylic oxidation sites excluding steroid dienone is 8. The SMILES string of the molecule is CC1=[C-]CC=C1.CC1=[C-]CC=C1.Cl.FC(F)(F)c1[c-]cccc1.[Ti+3]. The van der Waals surface area contributed by atoms with E-state index in [2.05, 4.69) is 56.4 Å². The zero-order chi connectivity index (χ0) is 16.4. The fraction of sp³-hybridized carbons (Fsp3) is 0.263. The molecule has 1 aromatic rings. The third-order valence-electron chi connectivity index (χ3n) is 2.75. The Bertz CT molecular complexity index is 537. The molecule has 127 valence electrons. The Morgan fingerprint density at radius 1 is 0.917 bits per heavy atom. The molecule has 1 aromatic carbocycles. The van der Waals surface area contributed by atoms with E-state index in [1.165, 1.54) is 29.3 Å². The van der Waals surface area contributed by atoms with E-state index in [0.717, 1.165) is 18.9 Å². The molecule has 0 saturated carbocycles. The summed E-state index contributed by atoms with van der Waals surface area (Å²) in [6.07, 6.45) is 12.4. The van der Waals surface area contributed by atoms with Crippen LogP contribution in [0.4, 0.5) is 13.2 Å². The molecule has 0 nitrogen and oxygen atoms in total.